The van der Waals surface area contributed by atoms with Crippen molar-refractivity contribution in [2.75, 3.05) is 6.54 Å². The van der Waals surface area contributed by atoms with Crippen molar-refractivity contribution < 1.29 is 9.90 Å². The van der Waals surface area contributed by atoms with Gasteiger partial charge in [-0.15, -0.1) is 11.3 Å². The molecule has 0 aromatic carbocycles. The molecule has 6 heteroatoms. The molecule has 2 aromatic heterocycles. The summed E-state index contributed by atoms with van der Waals surface area (Å²) in [7, 11) is 0. The molecule has 3 heterocycles. The number of aromatic nitrogens is 1. The molecule has 104 valence electrons. The summed E-state index contributed by atoms with van der Waals surface area (Å²) in [5.41, 5.74) is 1.90. The maximum atomic E-state index is 11.6. The summed E-state index contributed by atoms with van der Waals surface area (Å²) in [6.45, 7) is 1.41. The first-order valence-electron chi connectivity index (χ1n) is 6.28. The molecule has 0 spiro atoms. The van der Waals surface area contributed by atoms with Crippen molar-refractivity contribution >= 4 is 28.9 Å². The molecule has 0 amide bonds. The molecule has 0 saturated carbocycles. The molecule has 1 aliphatic heterocycles. The van der Waals surface area contributed by atoms with Crippen molar-refractivity contribution in [3.05, 3.63) is 50.9 Å². The van der Waals surface area contributed by atoms with Gasteiger partial charge in [-0.05, 0) is 35.1 Å². The highest BCUT2D eigenvalue weighted by Gasteiger charge is 2.30. The zero-order valence-corrected chi connectivity index (χ0v) is 12.2. The summed E-state index contributed by atoms with van der Waals surface area (Å²) >= 11 is 7.50. The average Bonchev–Trinajstić information content (AvgIpc) is 2.88. The van der Waals surface area contributed by atoms with E-state index in [0.29, 0.717) is 17.3 Å². The molecule has 1 unspecified atom stereocenters. The first kappa shape index (κ1) is 13.5. The lowest BCUT2D eigenvalue weighted by Gasteiger charge is -2.32. The number of carboxylic acids is 1. The van der Waals surface area contributed by atoms with Crippen LogP contribution in [0.1, 0.15) is 22.0 Å². The van der Waals surface area contributed by atoms with Crippen LogP contribution < -0.4 is 0 Å². The number of rotatable bonds is 3. The Morgan fingerprint density at radius 2 is 2.30 bits per heavy atom. The Balaban J connectivity index is 1.89. The van der Waals surface area contributed by atoms with Gasteiger partial charge in [0.2, 0.25) is 0 Å². The molecule has 1 atom stereocenters. The molecule has 0 fully saturated rings. The number of fused-ring (bicyclic) bond motifs is 1. The third-order valence-electron chi connectivity index (χ3n) is 3.50. The van der Waals surface area contributed by atoms with Crippen molar-refractivity contribution in [2.24, 2.45) is 0 Å². The molecule has 20 heavy (non-hydrogen) atoms. The number of halogens is 1. The summed E-state index contributed by atoms with van der Waals surface area (Å²) in [6, 6.07) is 4.77. The molecule has 1 aliphatic rings. The third-order valence-corrected chi connectivity index (χ3v) is 4.75. The second-order valence-corrected chi connectivity index (χ2v) is 6.13. The minimum Gasteiger partial charge on any atom is -0.480 e. The van der Waals surface area contributed by atoms with Crippen molar-refractivity contribution in [3.8, 4) is 0 Å². The topological polar surface area (TPSA) is 53.4 Å². The van der Waals surface area contributed by atoms with E-state index in [1.54, 1.807) is 29.7 Å². The highest BCUT2D eigenvalue weighted by Crippen LogP contribution is 2.30. The van der Waals surface area contributed by atoms with Gasteiger partial charge in [0.15, 0.2) is 0 Å². The van der Waals surface area contributed by atoms with Gasteiger partial charge in [-0.3, -0.25) is 9.69 Å². The molecular formula is C14H13ClN2O2S. The van der Waals surface area contributed by atoms with Crippen LogP contribution in [0.25, 0.3) is 0 Å². The highest BCUT2D eigenvalue weighted by atomic mass is 35.5. The van der Waals surface area contributed by atoms with Gasteiger partial charge in [-0.1, -0.05) is 17.7 Å². The van der Waals surface area contributed by atoms with Crippen molar-refractivity contribution in [2.45, 2.75) is 19.0 Å². The number of pyridine rings is 1. The Morgan fingerprint density at radius 3 is 3.00 bits per heavy atom. The molecule has 4 nitrogen and oxygen atoms in total. The van der Waals surface area contributed by atoms with Crippen molar-refractivity contribution in [1.82, 2.24) is 9.88 Å². The normalized spacial score (nSPS) is 16.6. The molecule has 0 bridgehead atoms. The van der Waals surface area contributed by atoms with Gasteiger partial charge in [0.1, 0.15) is 11.2 Å². The van der Waals surface area contributed by atoms with E-state index >= 15 is 0 Å². The summed E-state index contributed by atoms with van der Waals surface area (Å²) in [6.07, 6.45) is 2.45. The van der Waals surface area contributed by atoms with E-state index in [1.165, 1.54) is 10.4 Å². The van der Waals surface area contributed by atoms with Crippen LogP contribution in [-0.4, -0.2) is 27.5 Å². The summed E-state index contributed by atoms with van der Waals surface area (Å²) in [5.74, 6) is -0.854. The number of aliphatic carboxylic acids is 1. The molecule has 0 radical (unpaired) electrons. The minimum atomic E-state index is -0.854. The number of hydrogen-bond acceptors (Lipinski definition) is 4. The first-order chi connectivity index (χ1) is 9.65. The maximum absolute atomic E-state index is 11.6. The monoisotopic (exact) mass is 308 g/mol. The largest absolute Gasteiger partial charge is 0.480 e. The number of carboxylic acid groups (broad SMARTS) is 1. The van der Waals surface area contributed by atoms with Crippen LogP contribution in [0, 0.1) is 0 Å². The highest BCUT2D eigenvalue weighted by molar-refractivity contribution is 7.10. The van der Waals surface area contributed by atoms with E-state index in [-0.39, 0.29) is 0 Å². The zero-order valence-electron chi connectivity index (χ0n) is 10.6. The van der Waals surface area contributed by atoms with E-state index in [9.17, 15) is 9.90 Å². The fourth-order valence-electron chi connectivity index (χ4n) is 2.55. The second-order valence-electron chi connectivity index (χ2n) is 4.74. The number of nitrogens with zero attached hydrogens (tertiary/aromatic N) is 2. The predicted molar refractivity (Wildman–Crippen MR) is 78.1 cm³/mol. The van der Waals surface area contributed by atoms with Crippen molar-refractivity contribution in [1.29, 1.82) is 0 Å². The van der Waals surface area contributed by atoms with Crippen LogP contribution >= 0.6 is 22.9 Å². The van der Waals surface area contributed by atoms with Crippen LogP contribution in [0.2, 0.25) is 5.15 Å². The van der Waals surface area contributed by atoms with Crippen LogP contribution in [-0.2, 0) is 17.8 Å². The quantitative estimate of drug-likeness (QED) is 0.886. The van der Waals surface area contributed by atoms with Crippen LogP contribution in [0.4, 0.5) is 0 Å². The Kier molecular flexibility index (Phi) is 3.74. The molecule has 0 aliphatic carbocycles. The van der Waals surface area contributed by atoms with E-state index in [4.69, 9.17) is 11.6 Å². The van der Waals surface area contributed by atoms with Crippen LogP contribution in [0.3, 0.4) is 0 Å². The van der Waals surface area contributed by atoms with Crippen LogP contribution in [0.15, 0.2) is 29.8 Å². The SMILES string of the molecule is O=C(O)C(c1ccc(Cl)nc1)N1CCc2sccc2C1. The smallest absolute Gasteiger partial charge is 0.325 e. The predicted octanol–water partition coefficient (Wildman–Crippen LogP) is 2.98. The van der Waals surface area contributed by atoms with E-state index in [0.717, 1.165) is 13.0 Å². The lowest BCUT2D eigenvalue weighted by molar-refractivity contribution is -0.144. The average molecular weight is 309 g/mol. The molecular weight excluding hydrogens is 296 g/mol. The van der Waals surface area contributed by atoms with E-state index in [1.807, 2.05) is 4.90 Å². The summed E-state index contributed by atoms with van der Waals surface area (Å²) in [5, 5.41) is 12.0. The van der Waals surface area contributed by atoms with Gasteiger partial charge in [0.05, 0.1) is 0 Å². The lowest BCUT2D eigenvalue weighted by Crippen LogP contribution is -2.37. The van der Waals surface area contributed by atoms with Gasteiger partial charge >= 0.3 is 5.97 Å². The lowest BCUT2D eigenvalue weighted by atomic mass is 10.0. The summed E-state index contributed by atoms with van der Waals surface area (Å²) in [4.78, 5) is 19.0. The minimum absolute atomic E-state index is 0.372. The Morgan fingerprint density at radius 1 is 1.45 bits per heavy atom. The molecule has 1 N–H and O–H groups in total. The van der Waals surface area contributed by atoms with E-state index < -0.39 is 12.0 Å². The Hall–Kier alpha value is -1.43. The number of thiophene rings is 1. The Labute approximate surface area is 125 Å². The fourth-order valence-corrected chi connectivity index (χ4v) is 3.55. The van der Waals surface area contributed by atoms with Gasteiger partial charge in [0, 0.05) is 24.2 Å². The Bertz CT molecular complexity index is 626. The molecule has 0 saturated heterocycles. The third kappa shape index (κ3) is 2.57. The van der Waals surface area contributed by atoms with Crippen LogP contribution in [0.5, 0.6) is 0 Å². The van der Waals surface area contributed by atoms with Gasteiger partial charge in [-0.25, -0.2) is 4.98 Å². The van der Waals surface area contributed by atoms with Gasteiger partial charge < -0.3 is 5.11 Å². The standard InChI is InChI=1S/C14H13ClN2O2S/c15-12-2-1-9(7-16-12)13(14(18)19)17-5-3-11-10(8-17)4-6-20-11/h1-2,4,6-7,13H,3,5,8H2,(H,18,19). The van der Waals surface area contributed by atoms with Gasteiger partial charge in [-0.2, -0.15) is 0 Å². The number of carbonyl (C=O) groups is 1. The summed E-state index contributed by atoms with van der Waals surface area (Å²) < 4.78 is 0. The molecule has 2 aromatic rings. The first-order valence-corrected chi connectivity index (χ1v) is 7.54. The van der Waals surface area contributed by atoms with E-state index in [2.05, 4.69) is 16.4 Å². The van der Waals surface area contributed by atoms with Gasteiger partial charge in [0.25, 0.3) is 0 Å². The number of hydrogen-bond donors (Lipinski definition) is 1. The molecule has 3 rings (SSSR count). The fraction of sp³-hybridized carbons (Fsp3) is 0.286. The maximum Gasteiger partial charge on any atom is 0.325 e. The van der Waals surface area contributed by atoms with Crippen molar-refractivity contribution in [3.63, 3.8) is 0 Å². The second kappa shape index (κ2) is 5.52. The zero-order chi connectivity index (χ0) is 14.1.